The van der Waals surface area contributed by atoms with Gasteiger partial charge in [-0.05, 0) is 66.8 Å². The van der Waals surface area contributed by atoms with Gasteiger partial charge in [0.05, 0.1) is 6.10 Å². The number of fused-ring (bicyclic) bond motifs is 5. The molecule has 37 heavy (non-hydrogen) atoms. The molecule has 0 radical (unpaired) electrons. The zero-order valence-electron chi connectivity index (χ0n) is 20.3. The Labute approximate surface area is 212 Å². The summed E-state index contributed by atoms with van der Waals surface area (Å²) in [7, 11) is 0. The van der Waals surface area contributed by atoms with Gasteiger partial charge in [-0.1, -0.05) is 6.08 Å². The molecule has 1 aromatic carbocycles. The van der Waals surface area contributed by atoms with E-state index in [4.69, 9.17) is 4.74 Å². The number of nitrogens with zero attached hydrogens (tertiary/aromatic N) is 7. The van der Waals surface area contributed by atoms with Gasteiger partial charge in [-0.3, -0.25) is 4.90 Å². The maximum Gasteiger partial charge on any atom is 0.158 e. The Kier molecular flexibility index (Phi) is 5.15. The molecule has 0 spiro atoms. The fraction of sp³-hybridized carbons (Fsp3) is 0.259. The smallest absolute Gasteiger partial charge is 0.158 e. The molecule has 10 nitrogen and oxygen atoms in total. The van der Waals surface area contributed by atoms with Gasteiger partial charge in [0.15, 0.2) is 11.5 Å². The molecule has 2 N–H and O–H groups in total. The molecule has 1 fully saturated rings. The quantitative estimate of drug-likeness (QED) is 0.343. The number of piperidine rings is 1. The summed E-state index contributed by atoms with van der Waals surface area (Å²) in [6.07, 6.45) is 10.6. The first kappa shape index (κ1) is 22.0. The lowest BCUT2D eigenvalue weighted by atomic mass is 9.86. The number of benzene rings is 1. The fourth-order valence-corrected chi connectivity index (χ4v) is 5.37. The van der Waals surface area contributed by atoms with Crippen LogP contribution in [0.3, 0.4) is 0 Å². The lowest BCUT2D eigenvalue weighted by molar-refractivity contribution is 0.0680. The molecule has 2 atom stereocenters. The third kappa shape index (κ3) is 4.00. The molecule has 4 aromatic heterocycles. The van der Waals surface area contributed by atoms with Crippen LogP contribution in [0.4, 0.5) is 11.5 Å². The van der Waals surface area contributed by atoms with Gasteiger partial charge in [0.2, 0.25) is 0 Å². The van der Waals surface area contributed by atoms with Crippen molar-refractivity contribution in [2.75, 3.05) is 11.9 Å². The highest BCUT2D eigenvalue weighted by Crippen LogP contribution is 2.34. The van der Waals surface area contributed by atoms with Gasteiger partial charge < -0.3 is 15.2 Å². The van der Waals surface area contributed by atoms with Crippen LogP contribution in [0.5, 0.6) is 11.5 Å². The first-order chi connectivity index (χ1) is 18.1. The van der Waals surface area contributed by atoms with Crippen LogP contribution in [0, 0.1) is 6.92 Å². The highest BCUT2D eigenvalue weighted by Gasteiger charge is 2.34. The second-order valence-corrected chi connectivity index (χ2v) is 9.70. The van der Waals surface area contributed by atoms with Crippen molar-refractivity contribution in [3.8, 4) is 11.5 Å². The van der Waals surface area contributed by atoms with E-state index in [2.05, 4.69) is 42.5 Å². The average molecular weight is 495 g/mol. The maximum atomic E-state index is 10.2. The van der Waals surface area contributed by atoms with Crippen molar-refractivity contribution in [2.45, 2.75) is 38.5 Å². The minimum atomic E-state index is -0.290. The second kappa shape index (κ2) is 8.68. The van der Waals surface area contributed by atoms with Crippen LogP contribution in [-0.4, -0.2) is 57.9 Å². The number of ether oxygens (including phenoxy) is 1. The first-order valence-electron chi connectivity index (χ1n) is 12.4. The van der Waals surface area contributed by atoms with Crippen LogP contribution in [0.25, 0.3) is 11.2 Å². The van der Waals surface area contributed by atoms with Gasteiger partial charge in [0.1, 0.15) is 29.7 Å². The SMILES string of the molecule is Cc1cc(Nc2ncnn3ccc(CN4CC5=CC[C@H]4C[C@@H]5O)c23)ccc1Oc1ccn2ncnc2c1. The summed E-state index contributed by atoms with van der Waals surface area (Å²) >= 11 is 0. The molecule has 2 bridgehead atoms. The van der Waals surface area contributed by atoms with Crippen molar-refractivity contribution in [3.63, 3.8) is 0 Å². The van der Waals surface area contributed by atoms with Crippen LogP contribution < -0.4 is 10.1 Å². The molecule has 186 valence electrons. The molecule has 10 heteroatoms. The summed E-state index contributed by atoms with van der Waals surface area (Å²) in [4.78, 5) is 11.2. The summed E-state index contributed by atoms with van der Waals surface area (Å²) in [5.41, 5.74) is 5.89. The molecule has 6 heterocycles. The molecule has 8 rings (SSSR count). The Balaban J connectivity index is 1.13. The molecule has 3 aliphatic rings. The summed E-state index contributed by atoms with van der Waals surface area (Å²) in [5, 5.41) is 22.3. The zero-order valence-corrected chi connectivity index (χ0v) is 20.3. The Morgan fingerprint density at radius 2 is 1.92 bits per heavy atom. The largest absolute Gasteiger partial charge is 0.457 e. The standard InChI is InChI=1S/C27H26N8O2/c1-17-10-20(3-5-24(17)37-22-7-9-34-25(12-22)28-15-30-34)32-27-26-19(6-8-35(26)31-16-29-27)14-33-13-18-2-4-21(33)11-23(18)36/h2-3,5-10,12,15-16,21,23,36H,4,11,13-14H2,1H3,(H,29,31,32)/t21-,23-/m0/s1. The van der Waals surface area contributed by atoms with E-state index in [0.717, 1.165) is 71.0 Å². The minimum absolute atomic E-state index is 0.290. The second-order valence-electron chi connectivity index (χ2n) is 9.70. The number of aliphatic hydroxyl groups is 1. The van der Waals surface area contributed by atoms with Crippen LogP contribution in [-0.2, 0) is 6.54 Å². The predicted octanol–water partition coefficient (Wildman–Crippen LogP) is 3.88. The van der Waals surface area contributed by atoms with Gasteiger partial charge in [0.25, 0.3) is 0 Å². The number of pyridine rings is 1. The number of nitrogens with one attached hydrogen (secondary N) is 1. The maximum absolute atomic E-state index is 10.2. The van der Waals surface area contributed by atoms with Gasteiger partial charge in [-0.2, -0.15) is 10.2 Å². The van der Waals surface area contributed by atoms with Crippen molar-refractivity contribution in [1.29, 1.82) is 0 Å². The van der Waals surface area contributed by atoms with E-state index in [9.17, 15) is 5.11 Å². The van der Waals surface area contributed by atoms with Gasteiger partial charge >= 0.3 is 0 Å². The monoisotopic (exact) mass is 494 g/mol. The molecule has 1 saturated heterocycles. The molecular weight excluding hydrogens is 468 g/mol. The molecule has 0 saturated carbocycles. The highest BCUT2D eigenvalue weighted by atomic mass is 16.5. The van der Waals surface area contributed by atoms with E-state index in [1.54, 1.807) is 10.8 Å². The van der Waals surface area contributed by atoms with Crippen LogP contribution >= 0.6 is 0 Å². The third-order valence-electron chi connectivity index (χ3n) is 7.31. The number of hydrogen-bond donors (Lipinski definition) is 2. The third-order valence-corrected chi connectivity index (χ3v) is 7.31. The van der Waals surface area contributed by atoms with E-state index < -0.39 is 0 Å². The lowest BCUT2D eigenvalue weighted by Gasteiger charge is -2.43. The topological polar surface area (TPSA) is 105 Å². The Morgan fingerprint density at radius 3 is 2.76 bits per heavy atom. The number of aryl methyl sites for hydroxylation is 1. The molecule has 2 aliphatic heterocycles. The summed E-state index contributed by atoms with van der Waals surface area (Å²) in [6.45, 7) is 3.61. The number of rotatable bonds is 6. The molecule has 0 unspecified atom stereocenters. The molecule has 1 aliphatic carbocycles. The number of aliphatic hydroxyl groups excluding tert-OH is 1. The van der Waals surface area contributed by atoms with E-state index in [1.807, 2.05) is 54.2 Å². The summed E-state index contributed by atoms with van der Waals surface area (Å²) in [6, 6.07) is 12.2. The van der Waals surface area contributed by atoms with E-state index in [1.165, 1.54) is 6.33 Å². The molecule has 0 amide bonds. The van der Waals surface area contributed by atoms with Gasteiger partial charge in [0, 0.05) is 43.3 Å². The van der Waals surface area contributed by atoms with Crippen molar-refractivity contribution in [3.05, 3.63) is 84.2 Å². The normalized spacial score (nSPS) is 19.5. The van der Waals surface area contributed by atoms with E-state index in [-0.39, 0.29) is 6.10 Å². The van der Waals surface area contributed by atoms with Gasteiger partial charge in [-0.15, -0.1) is 0 Å². The lowest BCUT2D eigenvalue weighted by Crippen LogP contribution is -2.48. The van der Waals surface area contributed by atoms with E-state index >= 15 is 0 Å². The van der Waals surface area contributed by atoms with Crippen molar-refractivity contribution < 1.29 is 9.84 Å². The Hall–Kier alpha value is -4.28. The van der Waals surface area contributed by atoms with Gasteiger partial charge in [-0.25, -0.2) is 19.0 Å². The zero-order chi connectivity index (χ0) is 24.9. The molecular formula is C27H26N8O2. The van der Waals surface area contributed by atoms with Crippen molar-refractivity contribution >= 4 is 22.7 Å². The van der Waals surface area contributed by atoms with E-state index in [0.29, 0.717) is 11.8 Å². The number of anilines is 2. The summed E-state index contributed by atoms with van der Waals surface area (Å²) < 4.78 is 9.68. The summed E-state index contributed by atoms with van der Waals surface area (Å²) in [5.74, 6) is 2.22. The predicted molar refractivity (Wildman–Crippen MR) is 138 cm³/mol. The average Bonchev–Trinajstić information content (AvgIpc) is 3.54. The van der Waals surface area contributed by atoms with Crippen LogP contribution in [0.1, 0.15) is 24.0 Å². The minimum Gasteiger partial charge on any atom is -0.457 e. The van der Waals surface area contributed by atoms with Crippen molar-refractivity contribution in [1.82, 2.24) is 34.1 Å². The highest BCUT2D eigenvalue weighted by molar-refractivity contribution is 5.77. The van der Waals surface area contributed by atoms with Crippen LogP contribution in [0.2, 0.25) is 0 Å². The Bertz CT molecular complexity index is 1660. The number of aromatic nitrogens is 6. The van der Waals surface area contributed by atoms with Crippen LogP contribution in [0.15, 0.2) is 73.1 Å². The van der Waals surface area contributed by atoms with Crippen molar-refractivity contribution in [2.24, 2.45) is 0 Å². The number of hydrogen-bond acceptors (Lipinski definition) is 8. The fourth-order valence-electron chi connectivity index (χ4n) is 5.37. The molecule has 5 aromatic rings. The first-order valence-corrected chi connectivity index (χ1v) is 12.4. The Morgan fingerprint density at radius 1 is 1.05 bits per heavy atom.